The summed E-state index contributed by atoms with van der Waals surface area (Å²) in [4.78, 5) is 0. The minimum absolute atomic E-state index is 0.264. The zero-order valence-corrected chi connectivity index (χ0v) is 7.43. The normalized spacial score (nSPS) is 41.7. The van der Waals surface area contributed by atoms with Crippen LogP contribution in [0.3, 0.4) is 0 Å². The topological polar surface area (TPSA) is 27.7 Å². The molecule has 4 heteroatoms. The van der Waals surface area contributed by atoms with Crippen LogP contribution < -0.4 is 0 Å². The summed E-state index contributed by atoms with van der Waals surface area (Å²) >= 11 is 0. The van der Waals surface area contributed by atoms with Gasteiger partial charge < -0.3 is 13.6 Å². The molecule has 1 rings (SSSR count). The van der Waals surface area contributed by atoms with E-state index in [2.05, 4.69) is 6.92 Å². The molecule has 1 saturated heterocycles. The maximum atomic E-state index is 5.37. The molecule has 3 atom stereocenters. The van der Waals surface area contributed by atoms with Crippen molar-refractivity contribution in [2.24, 2.45) is 5.92 Å². The fourth-order valence-corrected chi connectivity index (χ4v) is 1.77. The summed E-state index contributed by atoms with van der Waals surface area (Å²) in [5, 5.41) is 0. The first-order valence-electron chi connectivity index (χ1n) is 3.38. The quantitative estimate of drug-likeness (QED) is 0.554. The van der Waals surface area contributed by atoms with Gasteiger partial charge in [-0.15, -0.1) is 0 Å². The van der Waals surface area contributed by atoms with E-state index >= 15 is 0 Å². The van der Waals surface area contributed by atoms with Crippen LogP contribution in [0.2, 0.25) is 0 Å². The molecule has 60 valence electrons. The van der Waals surface area contributed by atoms with Crippen molar-refractivity contribution in [3.05, 3.63) is 0 Å². The van der Waals surface area contributed by atoms with E-state index in [-0.39, 0.29) is 6.10 Å². The van der Waals surface area contributed by atoms with Crippen LogP contribution in [-0.4, -0.2) is 19.8 Å². The summed E-state index contributed by atoms with van der Waals surface area (Å²) in [6.45, 7) is 4.90. The molecule has 0 N–H and O–H groups in total. The molecule has 1 aliphatic rings. The van der Waals surface area contributed by atoms with Gasteiger partial charge in [0.1, 0.15) is 0 Å². The lowest BCUT2D eigenvalue weighted by Gasteiger charge is -2.29. The van der Waals surface area contributed by atoms with E-state index in [4.69, 9.17) is 13.6 Å². The molecule has 1 fully saturated rings. The van der Waals surface area contributed by atoms with Crippen LogP contribution in [0.25, 0.3) is 0 Å². The summed E-state index contributed by atoms with van der Waals surface area (Å²) < 4.78 is 15.5. The predicted octanol–water partition coefficient (Wildman–Crippen LogP) is 1.93. The SMILES string of the molecule is CO[P@]1OC[C@H](C)[C@@H](C)O1. The molecule has 1 aliphatic heterocycles. The van der Waals surface area contributed by atoms with E-state index < -0.39 is 8.60 Å². The number of rotatable bonds is 1. The fraction of sp³-hybridized carbons (Fsp3) is 1.00. The first-order valence-corrected chi connectivity index (χ1v) is 4.47. The van der Waals surface area contributed by atoms with Crippen molar-refractivity contribution in [2.45, 2.75) is 20.0 Å². The third-order valence-electron chi connectivity index (χ3n) is 1.65. The van der Waals surface area contributed by atoms with E-state index in [9.17, 15) is 0 Å². The molecule has 0 aromatic rings. The van der Waals surface area contributed by atoms with Gasteiger partial charge in [-0.25, -0.2) is 0 Å². The van der Waals surface area contributed by atoms with Crippen molar-refractivity contribution in [2.75, 3.05) is 13.7 Å². The van der Waals surface area contributed by atoms with Crippen LogP contribution in [0.15, 0.2) is 0 Å². The monoisotopic (exact) mass is 164 g/mol. The van der Waals surface area contributed by atoms with E-state index in [1.54, 1.807) is 7.11 Å². The largest absolute Gasteiger partial charge is 0.332 e. The first-order chi connectivity index (χ1) is 4.74. The highest BCUT2D eigenvalue weighted by molar-refractivity contribution is 7.41. The van der Waals surface area contributed by atoms with Crippen LogP contribution in [0.1, 0.15) is 13.8 Å². The Hall–Kier alpha value is 0.310. The second kappa shape index (κ2) is 3.63. The molecule has 0 bridgehead atoms. The van der Waals surface area contributed by atoms with Crippen LogP contribution >= 0.6 is 8.60 Å². The summed E-state index contributed by atoms with van der Waals surface area (Å²) in [5.74, 6) is 0.480. The lowest BCUT2D eigenvalue weighted by Crippen LogP contribution is -2.25. The van der Waals surface area contributed by atoms with Crippen molar-refractivity contribution >= 4 is 8.60 Å². The van der Waals surface area contributed by atoms with Crippen molar-refractivity contribution in [3.63, 3.8) is 0 Å². The van der Waals surface area contributed by atoms with Gasteiger partial charge in [-0.2, -0.15) is 0 Å². The molecule has 0 aromatic heterocycles. The molecule has 0 amide bonds. The van der Waals surface area contributed by atoms with Gasteiger partial charge in [0.05, 0.1) is 12.7 Å². The van der Waals surface area contributed by atoms with Gasteiger partial charge >= 0.3 is 8.60 Å². The molecular weight excluding hydrogens is 151 g/mol. The highest BCUT2D eigenvalue weighted by Gasteiger charge is 2.26. The average molecular weight is 164 g/mol. The van der Waals surface area contributed by atoms with Crippen LogP contribution in [0.4, 0.5) is 0 Å². The Kier molecular flexibility index (Phi) is 3.05. The highest BCUT2D eigenvalue weighted by atomic mass is 31.2. The zero-order valence-electron chi connectivity index (χ0n) is 6.53. The highest BCUT2D eigenvalue weighted by Crippen LogP contribution is 2.45. The van der Waals surface area contributed by atoms with Gasteiger partial charge in [-0.1, -0.05) is 6.92 Å². The summed E-state index contributed by atoms with van der Waals surface area (Å²) in [6, 6.07) is 0. The smallest absolute Gasteiger partial charge is 0.316 e. The van der Waals surface area contributed by atoms with E-state index in [1.165, 1.54) is 0 Å². The van der Waals surface area contributed by atoms with E-state index in [1.807, 2.05) is 6.92 Å². The number of hydrogen-bond donors (Lipinski definition) is 0. The van der Waals surface area contributed by atoms with Crippen molar-refractivity contribution in [3.8, 4) is 0 Å². The molecule has 10 heavy (non-hydrogen) atoms. The Bertz CT molecular complexity index is 109. The molecule has 0 spiro atoms. The molecule has 0 radical (unpaired) electrons. The van der Waals surface area contributed by atoms with Gasteiger partial charge in [0.15, 0.2) is 0 Å². The molecule has 1 heterocycles. The minimum atomic E-state index is -1.04. The minimum Gasteiger partial charge on any atom is -0.316 e. The molecule has 0 saturated carbocycles. The van der Waals surface area contributed by atoms with Gasteiger partial charge in [0.25, 0.3) is 0 Å². The summed E-state index contributed by atoms with van der Waals surface area (Å²) in [5.41, 5.74) is 0. The van der Waals surface area contributed by atoms with Crippen molar-refractivity contribution in [1.29, 1.82) is 0 Å². The Morgan fingerprint density at radius 1 is 1.50 bits per heavy atom. The summed E-state index contributed by atoms with van der Waals surface area (Å²) in [7, 11) is 0.570. The van der Waals surface area contributed by atoms with E-state index in [0.717, 1.165) is 6.61 Å². The Morgan fingerprint density at radius 3 is 2.70 bits per heavy atom. The van der Waals surface area contributed by atoms with Crippen molar-refractivity contribution in [1.82, 2.24) is 0 Å². The van der Waals surface area contributed by atoms with Crippen LogP contribution in [0, 0.1) is 5.92 Å². The van der Waals surface area contributed by atoms with Gasteiger partial charge in [0, 0.05) is 13.0 Å². The summed E-state index contributed by atoms with van der Waals surface area (Å²) in [6.07, 6.45) is 0.264. The van der Waals surface area contributed by atoms with Crippen molar-refractivity contribution < 1.29 is 13.6 Å². The molecule has 3 nitrogen and oxygen atoms in total. The number of hydrogen-bond acceptors (Lipinski definition) is 3. The van der Waals surface area contributed by atoms with Gasteiger partial charge in [-0.3, -0.25) is 0 Å². The second-order valence-corrected chi connectivity index (χ2v) is 3.77. The third kappa shape index (κ3) is 1.89. The second-order valence-electron chi connectivity index (χ2n) is 2.49. The van der Waals surface area contributed by atoms with E-state index in [0.29, 0.717) is 5.92 Å². The zero-order chi connectivity index (χ0) is 7.56. The third-order valence-corrected chi connectivity index (χ3v) is 2.81. The standard InChI is InChI=1S/C6H13O3P/c1-5-4-8-10(7-3)9-6(5)2/h5-6H,4H2,1-3H3/t5-,6+,10+/m0/s1. The maximum absolute atomic E-state index is 5.37. The van der Waals surface area contributed by atoms with Crippen LogP contribution in [0.5, 0.6) is 0 Å². The van der Waals surface area contributed by atoms with Gasteiger partial charge in [0.2, 0.25) is 0 Å². The lowest BCUT2D eigenvalue weighted by molar-refractivity contribution is 0.0369. The molecule has 0 unspecified atom stereocenters. The Balaban J connectivity index is 2.33. The first kappa shape index (κ1) is 8.41. The Morgan fingerprint density at radius 2 is 2.20 bits per heavy atom. The predicted molar refractivity (Wildman–Crippen MR) is 39.6 cm³/mol. The average Bonchev–Trinajstić information content (AvgIpc) is 1.95. The van der Waals surface area contributed by atoms with Gasteiger partial charge in [-0.05, 0) is 6.92 Å². The lowest BCUT2D eigenvalue weighted by atomic mass is 10.1. The van der Waals surface area contributed by atoms with Crippen LogP contribution in [-0.2, 0) is 13.6 Å². The molecular formula is C6H13O3P. The fourth-order valence-electron chi connectivity index (χ4n) is 0.680. The maximum Gasteiger partial charge on any atom is 0.332 e. The molecule has 0 aliphatic carbocycles. The Labute approximate surface area is 62.7 Å². The molecule has 0 aromatic carbocycles.